The minimum absolute atomic E-state index is 0.0128. The molecular formula is C30H38O4. The van der Waals surface area contributed by atoms with E-state index in [-0.39, 0.29) is 41.2 Å². The second-order valence-electron chi connectivity index (χ2n) is 10.0. The van der Waals surface area contributed by atoms with Gasteiger partial charge < -0.3 is 4.74 Å². The minimum atomic E-state index is -0.202. The van der Waals surface area contributed by atoms with E-state index < -0.39 is 0 Å². The van der Waals surface area contributed by atoms with Crippen LogP contribution in [0.4, 0.5) is 0 Å². The number of benzene rings is 2. The van der Waals surface area contributed by atoms with Gasteiger partial charge in [0.2, 0.25) is 0 Å². The highest BCUT2D eigenvalue weighted by molar-refractivity contribution is 5.82. The van der Waals surface area contributed by atoms with Crippen molar-refractivity contribution in [2.75, 3.05) is 6.61 Å². The predicted molar refractivity (Wildman–Crippen MR) is 136 cm³/mol. The van der Waals surface area contributed by atoms with Crippen LogP contribution in [-0.4, -0.2) is 24.1 Å². The zero-order valence-electron chi connectivity index (χ0n) is 21.0. The molecule has 1 aliphatic carbocycles. The molecule has 0 bridgehead atoms. The zero-order valence-corrected chi connectivity index (χ0v) is 21.0. The van der Waals surface area contributed by atoms with E-state index in [0.29, 0.717) is 32.3 Å². The summed E-state index contributed by atoms with van der Waals surface area (Å²) in [6.07, 6.45) is 3.68. The maximum atomic E-state index is 12.7. The lowest BCUT2D eigenvalue weighted by Crippen LogP contribution is -2.21. The monoisotopic (exact) mass is 462 g/mol. The van der Waals surface area contributed by atoms with Crippen molar-refractivity contribution in [3.05, 3.63) is 59.7 Å². The van der Waals surface area contributed by atoms with Gasteiger partial charge in [-0.2, -0.15) is 0 Å². The average molecular weight is 463 g/mol. The summed E-state index contributed by atoms with van der Waals surface area (Å²) in [5, 5.41) is 0. The van der Waals surface area contributed by atoms with Crippen LogP contribution in [0.2, 0.25) is 0 Å². The van der Waals surface area contributed by atoms with E-state index in [1.165, 1.54) is 22.3 Å². The maximum absolute atomic E-state index is 12.7. The van der Waals surface area contributed by atoms with Crippen LogP contribution in [0.25, 0.3) is 11.1 Å². The number of carbonyl (C=O) groups is 3. The van der Waals surface area contributed by atoms with E-state index in [2.05, 4.69) is 38.1 Å². The van der Waals surface area contributed by atoms with Crippen LogP contribution in [-0.2, 0) is 19.1 Å². The summed E-state index contributed by atoms with van der Waals surface area (Å²) < 4.78 is 5.70. The second kappa shape index (κ2) is 12.1. The summed E-state index contributed by atoms with van der Waals surface area (Å²) in [4.78, 5) is 36.7. The first kappa shape index (κ1) is 25.9. The number of carbonyl (C=O) groups excluding carboxylic acids is 3. The van der Waals surface area contributed by atoms with Crippen LogP contribution in [0.15, 0.2) is 48.5 Å². The molecule has 0 aliphatic heterocycles. The number of fused-ring (bicyclic) bond motifs is 3. The Bertz CT molecular complexity index is 961. The van der Waals surface area contributed by atoms with Gasteiger partial charge in [-0.15, -0.1) is 0 Å². The van der Waals surface area contributed by atoms with Crippen LogP contribution in [0.1, 0.15) is 83.3 Å². The van der Waals surface area contributed by atoms with Crippen LogP contribution < -0.4 is 0 Å². The van der Waals surface area contributed by atoms with Crippen molar-refractivity contribution in [2.24, 2.45) is 17.8 Å². The number of ether oxygens (including phenoxy) is 1. The first-order valence-corrected chi connectivity index (χ1v) is 12.7. The third kappa shape index (κ3) is 6.43. The molecule has 0 amide bonds. The highest BCUT2D eigenvalue weighted by atomic mass is 16.5. The molecule has 0 heterocycles. The normalized spacial score (nSPS) is 14.4. The Hall–Kier alpha value is -2.75. The third-order valence-corrected chi connectivity index (χ3v) is 7.24. The van der Waals surface area contributed by atoms with Gasteiger partial charge in [0.05, 0.1) is 0 Å². The number of Topliss-reactive ketones (excluding diaryl/α,β-unsaturated/α-hetero) is 2. The Labute approximate surface area is 204 Å². The fraction of sp³-hybridized carbons (Fsp3) is 0.500. The van der Waals surface area contributed by atoms with E-state index in [0.717, 1.165) is 12.8 Å². The molecule has 0 spiro atoms. The van der Waals surface area contributed by atoms with Crippen LogP contribution in [0.5, 0.6) is 0 Å². The Morgan fingerprint density at radius 3 is 1.94 bits per heavy atom. The molecule has 4 nitrogen and oxygen atoms in total. The Balaban J connectivity index is 1.46. The molecule has 0 N–H and O–H groups in total. The molecule has 0 saturated heterocycles. The maximum Gasteiger partial charge on any atom is 0.305 e. The van der Waals surface area contributed by atoms with Crippen LogP contribution in [0.3, 0.4) is 0 Å². The van der Waals surface area contributed by atoms with Gasteiger partial charge in [0.25, 0.3) is 0 Å². The Morgan fingerprint density at radius 2 is 1.38 bits per heavy atom. The van der Waals surface area contributed by atoms with Gasteiger partial charge in [0.15, 0.2) is 0 Å². The van der Waals surface area contributed by atoms with Crippen LogP contribution in [0, 0.1) is 17.8 Å². The summed E-state index contributed by atoms with van der Waals surface area (Å²) >= 11 is 0. The Kier molecular flexibility index (Phi) is 9.20. The van der Waals surface area contributed by atoms with Crippen molar-refractivity contribution >= 4 is 17.5 Å². The average Bonchev–Trinajstić information content (AvgIpc) is 3.13. The van der Waals surface area contributed by atoms with E-state index in [9.17, 15) is 14.4 Å². The summed E-state index contributed by atoms with van der Waals surface area (Å²) in [6, 6.07) is 16.6. The summed E-state index contributed by atoms with van der Waals surface area (Å²) in [7, 11) is 0. The lowest BCUT2D eigenvalue weighted by molar-refractivity contribution is -0.144. The molecule has 34 heavy (non-hydrogen) atoms. The van der Waals surface area contributed by atoms with Gasteiger partial charge >= 0.3 is 5.97 Å². The van der Waals surface area contributed by atoms with Crippen molar-refractivity contribution in [3.63, 3.8) is 0 Å². The topological polar surface area (TPSA) is 60.4 Å². The Morgan fingerprint density at radius 1 is 0.824 bits per heavy atom. The van der Waals surface area contributed by atoms with Gasteiger partial charge in [-0.05, 0) is 60.8 Å². The fourth-order valence-electron chi connectivity index (χ4n) is 4.99. The molecule has 0 aromatic heterocycles. The highest BCUT2D eigenvalue weighted by Crippen LogP contribution is 2.44. The molecule has 2 aromatic carbocycles. The molecule has 2 atom stereocenters. The van der Waals surface area contributed by atoms with Crippen molar-refractivity contribution in [2.45, 2.75) is 72.1 Å². The first-order chi connectivity index (χ1) is 16.3. The molecule has 3 rings (SSSR count). The van der Waals surface area contributed by atoms with E-state index in [1.54, 1.807) is 6.92 Å². The number of hydrogen-bond acceptors (Lipinski definition) is 4. The van der Waals surface area contributed by atoms with Crippen molar-refractivity contribution in [1.82, 2.24) is 0 Å². The predicted octanol–water partition coefficient (Wildman–Crippen LogP) is 6.75. The summed E-state index contributed by atoms with van der Waals surface area (Å²) in [6.45, 7) is 7.99. The standard InChI is InChI=1S/C30H38O4/c1-20(2)23(29(32)17-9-11-21(3)22(4)31)16-10-18-30(33)34-19-28-26-14-7-5-12-24(26)25-13-6-8-15-27(25)28/h5-8,12-15,20-21,23,28H,9-11,16-19H2,1-4H3/t21-,23+/m1/s1. The summed E-state index contributed by atoms with van der Waals surface area (Å²) in [5.41, 5.74) is 4.85. The molecule has 0 unspecified atom stereocenters. The van der Waals surface area contributed by atoms with Gasteiger partial charge in [0.1, 0.15) is 18.2 Å². The third-order valence-electron chi connectivity index (χ3n) is 7.24. The largest absolute Gasteiger partial charge is 0.465 e. The highest BCUT2D eigenvalue weighted by Gasteiger charge is 2.29. The van der Waals surface area contributed by atoms with Gasteiger partial charge in [-0.1, -0.05) is 69.3 Å². The van der Waals surface area contributed by atoms with E-state index in [1.807, 2.05) is 31.2 Å². The van der Waals surface area contributed by atoms with Gasteiger partial charge in [0, 0.05) is 30.6 Å². The molecule has 4 heteroatoms. The molecular weight excluding hydrogens is 424 g/mol. The van der Waals surface area contributed by atoms with E-state index >= 15 is 0 Å². The molecule has 182 valence electrons. The van der Waals surface area contributed by atoms with Crippen LogP contribution >= 0.6 is 0 Å². The van der Waals surface area contributed by atoms with Crippen molar-refractivity contribution in [3.8, 4) is 11.1 Å². The molecule has 0 saturated carbocycles. The number of ketones is 2. The van der Waals surface area contributed by atoms with E-state index in [4.69, 9.17) is 4.74 Å². The van der Waals surface area contributed by atoms with Crippen molar-refractivity contribution in [1.29, 1.82) is 0 Å². The quantitative estimate of drug-likeness (QED) is 0.309. The smallest absolute Gasteiger partial charge is 0.305 e. The molecule has 2 aromatic rings. The molecule has 1 aliphatic rings. The zero-order chi connectivity index (χ0) is 24.7. The lowest BCUT2D eigenvalue weighted by atomic mass is 9.84. The minimum Gasteiger partial charge on any atom is -0.465 e. The number of hydrogen-bond donors (Lipinski definition) is 0. The molecule has 0 radical (unpaired) electrons. The lowest BCUT2D eigenvalue weighted by Gasteiger charge is -2.20. The van der Waals surface area contributed by atoms with Gasteiger partial charge in [-0.3, -0.25) is 14.4 Å². The fourth-order valence-corrected chi connectivity index (χ4v) is 4.99. The van der Waals surface area contributed by atoms with Gasteiger partial charge in [-0.25, -0.2) is 0 Å². The number of esters is 1. The SMILES string of the molecule is CC(=O)[C@H](C)CCCC(=O)[C@@H](CCCC(=O)OCC1c2ccccc2-c2ccccc21)C(C)C. The summed E-state index contributed by atoms with van der Waals surface area (Å²) in [5.74, 6) is 0.494. The second-order valence-corrected chi connectivity index (χ2v) is 10.0. The molecule has 0 fully saturated rings. The first-order valence-electron chi connectivity index (χ1n) is 12.7. The number of rotatable bonds is 13. The van der Waals surface area contributed by atoms with Crippen molar-refractivity contribution < 1.29 is 19.1 Å².